The Morgan fingerprint density at radius 2 is 1.96 bits per heavy atom. The van der Waals surface area contributed by atoms with E-state index in [9.17, 15) is 14.0 Å². The summed E-state index contributed by atoms with van der Waals surface area (Å²) in [6.07, 6.45) is 0.324. The van der Waals surface area contributed by atoms with E-state index in [1.54, 1.807) is 19.2 Å². The zero-order valence-corrected chi connectivity index (χ0v) is 14.8. The van der Waals surface area contributed by atoms with E-state index in [0.29, 0.717) is 10.4 Å². The van der Waals surface area contributed by atoms with Gasteiger partial charge in [0.1, 0.15) is 0 Å². The average Bonchev–Trinajstić information content (AvgIpc) is 2.99. The molecule has 24 heavy (non-hydrogen) atoms. The molecule has 1 aromatic carbocycles. The second-order valence-corrected chi connectivity index (χ2v) is 6.84. The van der Waals surface area contributed by atoms with Crippen LogP contribution in [0.5, 0.6) is 5.75 Å². The normalized spacial score (nSPS) is 10.5. The Morgan fingerprint density at radius 1 is 1.21 bits per heavy atom. The molecule has 2 rings (SSSR count). The number of halogens is 1. The van der Waals surface area contributed by atoms with Gasteiger partial charge in [-0.25, -0.2) is 4.39 Å². The molecule has 0 atom stereocenters. The van der Waals surface area contributed by atoms with E-state index >= 15 is 0 Å². The first kappa shape index (κ1) is 18.1. The zero-order valence-electron chi connectivity index (χ0n) is 14.0. The number of benzene rings is 1. The summed E-state index contributed by atoms with van der Waals surface area (Å²) in [5, 5.41) is 0. The number of hydrogen-bond acceptors (Lipinski definition) is 4. The molecule has 1 aromatic heterocycles. The van der Waals surface area contributed by atoms with Crippen molar-refractivity contribution in [2.75, 3.05) is 14.2 Å². The van der Waals surface area contributed by atoms with Gasteiger partial charge in [-0.1, -0.05) is 6.07 Å². The summed E-state index contributed by atoms with van der Waals surface area (Å²) in [4.78, 5) is 27.4. The second-order valence-electron chi connectivity index (χ2n) is 5.55. The minimum Gasteiger partial charge on any atom is -0.494 e. The quantitative estimate of drug-likeness (QED) is 0.714. The van der Waals surface area contributed by atoms with E-state index in [4.69, 9.17) is 4.74 Å². The number of carbonyl (C=O) groups excluding carboxylic acids is 2. The molecule has 0 aliphatic heterocycles. The molecule has 0 N–H and O–H groups in total. The Kier molecular flexibility index (Phi) is 6.09. The summed E-state index contributed by atoms with van der Waals surface area (Å²) in [5.41, 5.74) is 0.671. The first-order valence-electron chi connectivity index (χ1n) is 7.56. The molecule has 128 valence electrons. The largest absolute Gasteiger partial charge is 0.494 e. The molecule has 0 saturated heterocycles. The van der Waals surface area contributed by atoms with Crippen molar-refractivity contribution in [3.05, 3.63) is 51.5 Å². The van der Waals surface area contributed by atoms with Gasteiger partial charge in [-0.15, -0.1) is 11.3 Å². The monoisotopic (exact) mass is 349 g/mol. The molecule has 0 fully saturated rings. The van der Waals surface area contributed by atoms with E-state index in [0.717, 1.165) is 4.88 Å². The van der Waals surface area contributed by atoms with Crippen LogP contribution < -0.4 is 4.74 Å². The van der Waals surface area contributed by atoms with Crippen LogP contribution in [0.4, 0.5) is 4.39 Å². The van der Waals surface area contributed by atoms with Crippen molar-refractivity contribution in [2.24, 2.45) is 0 Å². The van der Waals surface area contributed by atoms with Crippen molar-refractivity contribution in [2.45, 2.75) is 26.3 Å². The fraction of sp³-hybridized carbons (Fsp3) is 0.333. The Labute approximate surface area is 144 Å². The maximum absolute atomic E-state index is 13.7. The highest BCUT2D eigenvalue weighted by molar-refractivity contribution is 7.14. The number of rotatable bonds is 7. The molecule has 0 radical (unpaired) electrons. The SMILES string of the molecule is COc1ccc(CN(C)C(=O)CCC(=O)c2ccc(C)s2)cc1F. The van der Waals surface area contributed by atoms with E-state index in [1.165, 1.54) is 35.5 Å². The number of methoxy groups -OCH3 is 1. The Bertz CT molecular complexity index is 742. The van der Waals surface area contributed by atoms with E-state index in [-0.39, 0.29) is 36.8 Å². The number of ether oxygens (including phenoxy) is 1. The predicted octanol–water partition coefficient (Wildman–Crippen LogP) is 3.83. The third-order valence-electron chi connectivity index (χ3n) is 3.64. The third-order valence-corrected chi connectivity index (χ3v) is 4.68. The maximum Gasteiger partial charge on any atom is 0.223 e. The summed E-state index contributed by atoms with van der Waals surface area (Å²) in [5.74, 6) is -0.457. The maximum atomic E-state index is 13.7. The molecular weight excluding hydrogens is 329 g/mol. The van der Waals surface area contributed by atoms with E-state index in [2.05, 4.69) is 0 Å². The first-order chi connectivity index (χ1) is 11.4. The van der Waals surface area contributed by atoms with Gasteiger partial charge in [0.05, 0.1) is 12.0 Å². The summed E-state index contributed by atoms with van der Waals surface area (Å²) < 4.78 is 18.5. The van der Waals surface area contributed by atoms with E-state index in [1.807, 2.05) is 13.0 Å². The molecule has 0 bridgehead atoms. The van der Waals surface area contributed by atoms with Crippen molar-refractivity contribution >= 4 is 23.0 Å². The van der Waals surface area contributed by atoms with Crippen molar-refractivity contribution in [3.63, 3.8) is 0 Å². The lowest BCUT2D eigenvalue weighted by atomic mass is 10.1. The number of hydrogen-bond donors (Lipinski definition) is 0. The number of amides is 1. The van der Waals surface area contributed by atoms with Crippen molar-refractivity contribution in [1.82, 2.24) is 4.90 Å². The topological polar surface area (TPSA) is 46.6 Å². The highest BCUT2D eigenvalue weighted by Crippen LogP contribution is 2.20. The van der Waals surface area contributed by atoms with Crippen molar-refractivity contribution < 1.29 is 18.7 Å². The summed E-state index contributed by atoms with van der Waals surface area (Å²) in [6.45, 7) is 2.22. The Hall–Kier alpha value is -2.21. The molecule has 6 heteroatoms. The van der Waals surface area contributed by atoms with Gasteiger partial charge in [0.25, 0.3) is 0 Å². The second kappa shape index (κ2) is 8.06. The minimum atomic E-state index is -0.459. The molecular formula is C18H20FNO3S. The number of Topliss-reactive ketones (excluding diaryl/α,β-unsaturated/α-hetero) is 1. The number of nitrogens with zero attached hydrogens (tertiary/aromatic N) is 1. The van der Waals surface area contributed by atoms with Gasteiger partial charge in [-0.2, -0.15) is 0 Å². The molecule has 1 heterocycles. The fourth-order valence-electron chi connectivity index (χ4n) is 2.29. The van der Waals surface area contributed by atoms with Crippen LogP contribution in [0, 0.1) is 12.7 Å². The molecule has 0 unspecified atom stereocenters. The third kappa shape index (κ3) is 4.64. The van der Waals surface area contributed by atoms with E-state index < -0.39 is 5.82 Å². The first-order valence-corrected chi connectivity index (χ1v) is 8.38. The van der Waals surface area contributed by atoms with Gasteiger partial charge < -0.3 is 9.64 Å². The fourth-order valence-corrected chi connectivity index (χ4v) is 3.12. The van der Waals surface area contributed by atoms with Gasteiger partial charge in [0.2, 0.25) is 5.91 Å². The minimum absolute atomic E-state index is 0.0228. The molecule has 2 aromatic rings. The number of thiophene rings is 1. The van der Waals surface area contributed by atoms with Gasteiger partial charge in [0, 0.05) is 31.3 Å². The summed E-state index contributed by atoms with van der Waals surface area (Å²) in [6, 6.07) is 8.28. The van der Waals surface area contributed by atoms with Crippen LogP contribution in [0.3, 0.4) is 0 Å². The lowest BCUT2D eigenvalue weighted by Gasteiger charge is -2.17. The van der Waals surface area contributed by atoms with Crippen LogP contribution in [0.15, 0.2) is 30.3 Å². The predicted molar refractivity (Wildman–Crippen MR) is 92.0 cm³/mol. The van der Waals surface area contributed by atoms with Gasteiger partial charge in [-0.05, 0) is 36.8 Å². The molecule has 1 amide bonds. The van der Waals surface area contributed by atoms with Crippen LogP contribution in [0.1, 0.15) is 33.0 Å². The molecule has 0 aliphatic carbocycles. The van der Waals surface area contributed by atoms with Crippen molar-refractivity contribution in [1.29, 1.82) is 0 Å². The summed E-state index contributed by atoms with van der Waals surface area (Å²) >= 11 is 1.44. The molecule has 4 nitrogen and oxygen atoms in total. The van der Waals surface area contributed by atoms with Crippen LogP contribution >= 0.6 is 11.3 Å². The zero-order chi connectivity index (χ0) is 17.7. The standard InChI is InChI=1S/C18H20FNO3S/c1-12-4-8-17(24-12)15(21)6-9-18(22)20(2)11-13-5-7-16(23-3)14(19)10-13/h4-5,7-8,10H,6,9,11H2,1-3H3. The lowest BCUT2D eigenvalue weighted by molar-refractivity contribution is -0.130. The number of ketones is 1. The lowest BCUT2D eigenvalue weighted by Crippen LogP contribution is -2.26. The molecule has 0 spiro atoms. The average molecular weight is 349 g/mol. The van der Waals surface area contributed by atoms with Crippen LogP contribution in [-0.4, -0.2) is 30.7 Å². The van der Waals surface area contributed by atoms with Crippen LogP contribution in [-0.2, 0) is 11.3 Å². The van der Waals surface area contributed by atoms with Gasteiger partial charge >= 0.3 is 0 Å². The molecule has 0 saturated carbocycles. The Balaban J connectivity index is 1.88. The van der Waals surface area contributed by atoms with Crippen LogP contribution in [0.2, 0.25) is 0 Å². The Morgan fingerprint density at radius 3 is 2.54 bits per heavy atom. The summed E-state index contributed by atoms with van der Waals surface area (Å²) in [7, 11) is 3.05. The number of carbonyl (C=O) groups is 2. The van der Waals surface area contributed by atoms with Crippen LogP contribution in [0.25, 0.3) is 0 Å². The molecule has 0 aliphatic rings. The van der Waals surface area contributed by atoms with Gasteiger partial charge in [-0.3, -0.25) is 9.59 Å². The van der Waals surface area contributed by atoms with Gasteiger partial charge in [0.15, 0.2) is 17.3 Å². The highest BCUT2D eigenvalue weighted by Gasteiger charge is 2.15. The smallest absolute Gasteiger partial charge is 0.223 e. The highest BCUT2D eigenvalue weighted by atomic mass is 32.1. The number of aryl methyl sites for hydroxylation is 1. The van der Waals surface area contributed by atoms with Crippen molar-refractivity contribution in [3.8, 4) is 5.75 Å².